The number of ether oxygens (including phenoxy) is 1. The lowest BCUT2D eigenvalue weighted by atomic mass is 9.89. The molecule has 0 atom stereocenters. The Morgan fingerprint density at radius 1 is 0.971 bits per heavy atom. The number of hydrogen-bond donors (Lipinski definition) is 3. The summed E-state index contributed by atoms with van der Waals surface area (Å²) in [6, 6.07) is 1.37. The molecule has 0 radical (unpaired) electrons. The lowest BCUT2D eigenvalue weighted by Crippen LogP contribution is -2.33. The molecule has 3 N–H and O–H groups in total. The van der Waals surface area contributed by atoms with Crippen LogP contribution in [0.2, 0.25) is 0 Å². The van der Waals surface area contributed by atoms with Crippen molar-refractivity contribution in [2.75, 3.05) is 0 Å². The first-order chi connectivity index (χ1) is 15.9. The minimum absolute atomic E-state index is 0.0216. The maximum Gasteiger partial charge on any atom is 0.204 e. The Morgan fingerprint density at radius 2 is 1.59 bits per heavy atom. The molecule has 0 saturated heterocycles. The third-order valence-electron chi connectivity index (χ3n) is 6.37. The number of rotatable bonds is 4. The Kier molecular flexibility index (Phi) is 5.88. The van der Waals surface area contributed by atoms with E-state index in [0.717, 1.165) is 11.1 Å². The molecule has 1 aliphatic rings. The largest absolute Gasteiger partial charge is 0.507 e. The average Bonchev–Trinajstić information content (AvgIpc) is 2.72. The molecule has 0 spiro atoms. The van der Waals surface area contributed by atoms with Crippen LogP contribution < -0.4 is 10.2 Å². The molecule has 0 saturated carbocycles. The molecule has 34 heavy (non-hydrogen) atoms. The van der Waals surface area contributed by atoms with Crippen molar-refractivity contribution in [2.24, 2.45) is 0 Å². The zero-order chi connectivity index (χ0) is 24.9. The van der Waals surface area contributed by atoms with Gasteiger partial charge in [0.25, 0.3) is 0 Å². The Balaban J connectivity index is 2.14. The van der Waals surface area contributed by atoms with Crippen LogP contribution in [-0.4, -0.2) is 20.9 Å². The summed E-state index contributed by atoms with van der Waals surface area (Å²) in [6.45, 7) is 11.6. The monoisotopic (exact) mass is 464 g/mol. The van der Waals surface area contributed by atoms with Crippen molar-refractivity contribution in [1.82, 2.24) is 0 Å². The fourth-order valence-electron chi connectivity index (χ4n) is 4.45. The predicted molar refractivity (Wildman–Crippen MR) is 134 cm³/mol. The summed E-state index contributed by atoms with van der Waals surface area (Å²) >= 11 is 0. The summed E-state index contributed by atoms with van der Waals surface area (Å²) in [7, 11) is 0. The van der Waals surface area contributed by atoms with Gasteiger partial charge in [0.2, 0.25) is 5.43 Å². The highest BCUT2D eigenvalue weighted by molar-refractivity contribution is 5.99. The highest BCUT2D eigenvalue weighted by Crippen LogP contribution is 2.47. The lowest BCUT2D eigenvalue weighted by molar-refractivity contribution is 0.0809. The Morgan fingerprint density at radius 3 is 2.21 bits per heavy atom. The van der Waals surface area contributed by atoms with Gasteiger partial charge in [0.15, 0.2) is 11.5 Å². The van der Waals surface area contributed by atoms with E-state index in [1.165, 1.54) is 6.07 Å². The van der Waals surface area contributed by atoms with E-state index in [4.69, 9.17) is 9.15 Å². The van der Waals surface area contributed by atoms with Gasteiger partial charge in [-0.3, -0.25) is 4.79 Å². The maximum absolute atomic E-state index is 13.9. The maximum atomic E-state index is 13.9. The first kappa shape index (κ1) is 23.7. The fraction of sp³-hybridized carbons (Fsp3) is 0.393. The van der Waals surface area contributed by atoms with Gasteiger partial charge in [-0.25, -0.2) is 0 Å². The quantitative estimate of drug-likeness (QED) is 0.315. The SMILES string of the molecule is CC(C)=CCc1c(O)cc2oc3c(CC=C(C)C)c(O)c4c(c3c(=O)c2c1O)CCC(C)(C)O4. The van der Waals surface area contributed by atoms with E-state index in [1.54, 1.807) is 0 Å². The smallest absolute Gasteiger partial charge is 0.204 e. The van der Waals surface area contributed by atoms with Gasteiger partial charge in [-0.2, -0.15) is 0 Å². The first-order valence-corrected chi connectivity index (χ1v) is 11.6. The number of phenols is 3. The minimum atomic E-state index is -0.492. The van der Waals surface area contributed by atoms with Gasteiger partial charge >= 0.3 is 0 Å². The third-order valence-corrected chi connectivity index (χ3v) is 6.37. The van der Waals surface area contributed by atoms with Crippen LogP contribution in [0.4, 0.5) is 0 Å². The second kappa shape index (κ2) is 8.42. The van der Waals surface area contributed by atoms with E-state index in [-0.39, 0.29) is 45.8 Å². The van der Waals surface area contributed by atoms with Crippen molar-refractivity contribution >= 4 is 21.9 Å². The number of allylic oxidation sites excluding steroid dienone is 4. The molecule has 3 aromatic rings. The van der Waals surface area contributed by atoms with Crippen LogP contribution in [0.15, 0.2) is 38.6 Å². The molecule has 180 valence electrons. The normalized spacial score (nSPS) is 14.5. The molecule has 2 aromatic carbocycles. The molecule has 0 fully saturated rings. The van der Waals surface area contributed by atoms with Crippen LogP contribution in [0.25, 0.3) is 21.9 Å². The summed E-state index contributed by atoms with van der Waals surface area (Å²) in [5, 5.41) is 33.1. The van der Waals surface area contributed by atoms with E-state index in [1.807, 2.05) is 53.7 Å². The summed E-state index contributed by atoms with van der Waals surface area (Å²) in [6.07, 6.45) is 5.62. The highest BCUT2D eigenvalue weighted by atomic mass is 16.5. The molecule has 0 bridgehead atoms. The molecule has 4 rings (SSSR count). The van der Waals surface area contributed by atoms with E-state index >= 15 is 0 Å². The Bertz CT molecular complexity index is 1430. The van der Waals surface area contributed by atoms with Crippen molar-refractivity contribution < 1.29 is 24.5 Å². The summed E-state index contributed by atoms with van der Waals surface area (Å²) in [4.78, 5) is 13.9. The number of benzene rings is 2. The van der Waals surface area contributed by atoms with Crippen molar-refractivity contribution in [1.29, 1.82) is 0 Å². The molecule has 6 nitrogen and oxygen atoms in total. The second-order valence-corrected chi connectivity index (χ2v) is 10.2. The second-order valence-electron chi connectivity index (χ2n) is 10.2. The van der Waals surface area contributed by atoms with Crippen LogP contribution in [0.1, 0.15) is 64.7 Å². The van der Waals surface area contributed by atoms with Crippen LogP contribution >= 0.6 is 0 Å². The van der Waals surface area contributed by atoms with Gasteiger partial charge in [-0.15, -0.1) is 0 Å². The molecular weight excluding hydrogens is 432 g/mol. The van der Waals surface area contributed by atoms with E-state index in [0.29, 0.717) is 41.5 Å². The van der Waals surface area contributed by atoms with E-state index < -0.39 is 11.0 Å². The molecular formula is C28H32O6. The molecule has 1 aliphatic heterocycles. The number of phenolic OH excluding ortho intramolecular Hbond substituents is 3. The van der Waals surface area contributed by atoms with Gasteiger partial charge in [0, 0.05) is 22.8 Å². The number of aryl methyl sites for hydroxylation is 1. The predicted octanol–water partition coefficient (Wildman–Crippen LogP) is 6.18. The standard InChI is InChI=1S/C28H32O6/c1-14(2)7-9-16-19(29)13-20-22(23(16)30)25(32)21-17-11-12-28(5,6)34-27(17)24(31)18(26(21)33-20)10-8-15(3)4/h7-8,13,29-31H,9-12H2,1-6H3. The topological polar surface area (TPSA) is 100 Å². The Labute approximate surface area is 198 Å². The van der Waals surface area contributed by atoms with Gasteiger partial charge in [0.05, 0.1) is 5.39 Å². The molecule has 2 heterocycles. The van der Waals surface area contributed by atoms with Crippen LogP contribution in [-0.2, 0) is 19.3 Å². The zero-order valence-electron chi connectivity index (χ0n) is 20.6. The first-order valence-electron chi connectivity index (χ1n) is 11.6. The van der Waals surface area contributed by atoms with Crippen LogP contribution in [0.3, 0.4) is 0 Å². The van der Waals surface area contributed by atoms with E-state index in [2.05, 4.69) is 0 Å². The fourth-order valence-corrected chi connectivity index (χ4v) is 4.45. The number of aromatic hydroxyl groups is 3. The van der Waals surface area contributed by atoms with Crippen molar-refractivity contribution in [2.45, 2.75) is 72.8 Å². The summed E-state index contributed by atoms with van der Waals surface area (Å²) in [5.74, 6) is -0.171. The highest BCUT2D eigenvalue weighted by Gasteiger charge is 2.34. The van der Waals surface area contributed by atoms with Gasteiger partial charge in [-0.1, -0.05) is 23.3 Å². The average molecular weight is 465 g/mol. The molecule has 0 amide bonds. The minimum Gasteiger partial charge on any atom is -0.507 e. The Hall–Kier alpha value is -3.41. The van der Waals surface area contributed by atoms with Crippen molar-refractivity contribution in [3.63, 3.8) is 0 Å². The van der Waals surface area contributed by atoms with Crippen LogP contribution in [0.5, 0.6) is 23.0 Å². The number of fused-ring (bicyclic) bond motifs is 4. The van der Waals surface area contributed by atoms with Crippen molar-refractivity contribution in [3.05, 3.63) is 56.3 Å². The molecule has 0 unspecified atom stereocenters. The zero-order valence-corrected chi connectivity index (χ0v) is 20.6. The molecule has 6 heteroatoms. The molecule has 0 aliphatic carbocycles. The van der Waals surface area contributed by atoms with Crippen molar-refractivity contribution in [3.8, 4) is 23.0 Å². The molecule has 1 aromatic heterocycles. The van der Waals surface area contributed by atoms with Gasteiger partial charge in [-0.05, 0) is 67.2 Å². The van der Waals surface area contributed by atoms with Gasteiger partial charge in [0.1, 0.15) is 33.7 Å². The summed E-state index contributed by atoms with van der Waals surface area (Å²) < 4.78 is 12.3. The van der Waals surface area contributed by atoms with Gasteiger partial charge < -0.3 is 24.5 Å². The van der Waals surface area contributed by atoms with Crippen LogP contribution in [0, 0.1) is 0 Å². The summed E-state index contributed by atoms with van der Waals surface area (Å²) in [5.41, 5.74) is 2.82. The van der Waals surface area contributed by atoms with E-state index in [9.17, 15) is 20.1 Å². The number of hydrogen-bond acceptors (Lipinski definition) is 6. The lowest BCUT2D eigenvalue weighted by Gasteiger charge is -2.34. The third kappa shape index (κ3) is 4.02.